The first-order valence-corrected chi connectivity index (χ1v) is 25.5. The summed E-state index contributed by atoms with van der Waals surface area (Å²) in [6.07, 6.45) is -5.31. The number of hydrogen-bond acceptors (Lipinski definition) is 6. The maximum Gasteiger partial charge on any atom is 0.455 e. The summed E-state index contributed by atoms with van der Waals surface area (Å²) in [4.78, 5) is 25.2. The normalized spacial score (nSPS) is 11.4. The Balaban J connectivity index is 0.000000161. The summed E-state index contributed by atoms with van der Waals surface area (Å²) in [6, 6.07) is 67.1. The number of pyridine rings is 1. The summed E-state index contributed by atoms with van der Waals surface area (Å²) in [5, 5.41) is 17.5. The monoisotopic (exact) mass is 1110 g/mol. The first-order chi connectivity index (χ1) is 32.8. The molecule has 10 aromatic rings. The molecule has 0 aliphatic rings. The van der Waals surface area contributed by atoms with Crippen molar-refractivity contribution in [1.82, 2.24) is 4.57 Å². The zero-order valence-corrected chi connectivity index (χ0v) is 41.9. The van der Waals surface area contributed by atoms with E-state index in [0.29, 0.717) is 10.1 Å². The van der Waals surface area contributed by atoms with Crippen molar-refractivity contribution in [3.05, 3.63) is 246 Å². The van der Waals surface area contributed by atoms with E-state index in [9.17, 15) is 37.0 Å². The van der Waals surface area contributed by atoms with Crippen LogP contribution in [0.25, 0.3) is 36.8 Å². The van der Waals surface area contributed by atoms with Gasteiger partial charge in [-0.1, -0.05) is 201 Å². The number of para-hydroxylation sites is 1. The molecule has 1 N–H and O–H groups in total. The third-order valence-corrected chi connectivity index (χ3v) is 18.7. The first kappa shape index (κ1) is 51.1. The fourth-order valence-corrected chi connectivity index (χ4v) is 14.3. The molecule has 2 heterocycles. The van der Waals surface area contributed by atoms with Gasteiger partial charge in [-0.2, -0.15) is 13.2 Å². The summed E-state index contributed by atoms with van der Waals surface area (Å²) in [5.41, 5.74) is -2.01. The number of carbonyl (C=O) groups excluding carboxylic acids is 1. The van der Waals surface area contributed by atoms with Crippen LogP contribution in [0.15, 0.2) is 235 Å². The summed E-state index contributed by atoms with van der Waals surface area (Å²) in [7, 11) is -5.47. The Labute approximate surface area is 441 Å². The number of alkyl halides is 3. The van der Waals surface area contributed by atoms with Crippen LogP contribution in [0.3, 0.4) is 0 Å². The molecule has 0 aliphatic heterocycles. The maximum absolute atomic E-state index is 13.8. The van der Waals surface area contributed by atoms with E-state index in [2.05, 4.69) is 6.58 Å². The molecule has 0 unspecified atom stereocenters. The van der Waals surface area contributed by atoms with Crippen LogP contribution in [0.5, 0.6) is 5.75 Å². The van der Waals surface area contributed by atoms with E-state index in [1.807, 2.05) is 183 Å². The summed E-state index contributed by atoms with van der Waals surface area (Å²) < 4.78 is 69.4. The number of thiophene rings is 1. The molecular formula is C56H42EuF3NO5P2S. The molecule has 10 rings (SSSR count). The third-order valence-electron chi connectivity index (χ3n) is 11.3. The molecule has 8 aromatic carbocycles. The van der Waals surface area contributed by atoms with Crippen LogP contribution in [0.2, 0.25) is 0 Å². The van der Waals surface area contributed by atoms with E-state index < -0.39 is 43.1 Å². The number of nitrogens with zero attached hydrogens (tertiary/aromatic N) is 1. The number of carbonyl (C=O) groups is 1. The van der Waals surface area contributed by atoms with Gasteiger partial charge in [-0.15, -0.1) is 11.3 Å². The average Bonchev–Trinajstić information content (AvgIpc) is 3.76. The molecule has 345 valence electrons. The fraction of sp³-hybridized carbons (Fsp3) is 0.0357. The molecular weight excluding hydrogens is 1070 g/mol. The molecule has 0 aliphatic carbocycles. The van der Waals surface area contributed by atoms with Crippen molar-refractivity contribution in [2.45, 2.75) is 13.1 Å². The molecule has 13 heteroatoms. The van der Waals surface area contributed by atoms with Gasteiger partial charge in [-0.3, -0.25) is 14.2 Å². The Kier molecular flexibility index (Phi) is 16.2. The Morgan fingerprint density at radius 2 is 0.957 bits per heavy atom. The third kappa shape index (κ3) is 10.3. The number of rotatable bonds is 8. The second-order valence-corrected chi connectivity index (χ2v) is 22.4. The van der Waals surface area contributed by atoms with Gasteiger partial charge in [-0.05, 0) is 36.5 Å². The van der Waals surface area contributed by atoms with E-state index in [1.165, 1.54) is 11.3 Å². The topological polar surface area (TPSA) is 93.4 Å². The number of benzene rings is 8. The summed E-state index contributed by atoms with van der Waals surface area (Å²) in [6.45, 7) is 5.75. The van der Waals surface area contributed by atoms with Crippen LogP contribution in [0.1, 0.15) is 17.3 Å². The number of aromatic nitrogens is 1. The Morgan fingerprint density at radius 3 is 1.38 bits per heavy atom. The zero-order chi connectivity index (χ0) is 48.1. The second kappa shape index (κ2) is 21.9. The molecule has 69 heavy (non-hydrogen) atoms. The van der Waals surface area contributed by atoms with Crippen LogP contribution in [0.4, 0.5) is 13.2 Å². The number of aromatic hydroxyl groups is 1. The standard InChI is InChI=1S/C23H12F3NO3S.C18H15OP.C15H15OP.Eu/c24-23(25,26)21(29)18-19(28)17-15(27(22(18)30)12-6-2-1-3-7-12)11-10-14-13-8-4-5-9-16(13)31-20(14)17;19-20(16-10-4-1-5-11-16,17-12-6-2-7-13-17)18-14-8-3-9-15-18;1-13(2)17(16,14-9-5-3-6-10-14)15-11-7-4-8-12-15;/h1-11,28H;1-15H;3-12H,1H2,2H3;. The minimum absolute atomic E-state index is 0. The van der Waals surface area contributed by atoms with Crippen molar-refractivity contribution in [3.8, 4) is 11.4 Å². The van der Waals surface area contributed by atoms with Crippen LogP contribution >= 0.6 is 25.6 Å². The molecule has 0 atom stereocenters. The predicted octanol–water partition coefficient (Wildman–Crippen LogP) is 12.7. The van der Waals surface area contributed by atoms with Gasteiger partial charge < -0.3 is 14.2 Å². The molecule has 0 saturated heterocycles. The van der Waals surface area contributed by atoms with E-state index >= 15 is 0 Å². The molecule has 0 amide bonds. The Hall–Kier alpha value is -5.77. The largest absolute Gasteiger partial charge is 0.506 e. The molecule has 0 saturated carbocycles. The van der Waals surface area contributed by atoms with Crippen LogP contribution < -0.4 is 32.1 Å². The van der Waals surface area contributed by atoms with Gasteiger partial charge in [0.05, 0.1) is 10.9 Å². The maximum atomic E-state index is 13.8. The van der Waals surface area contributed by atoms with E-state index in [4.69, 9.17) is 0 Å². The zero-order valence-electron chi connectivity index (χ0n) is 36.8. The second-order valence-electron chi connectivity index (χ2n) is 15.6. The van der Waals surface area contributed by atoms with Crippen LogP contribution in [-0.4, -0.2) is 21.6 Å². The smallest absolute Gasteiger partial charge is 0.455 e. The molecule has 1 radical (unpaired) electrons. The number of halogens is 3. The van der Waals surface area contributed by atoms with Crippen LogP contribution in [0, 0.1) is 49.4 Å². The predicted molar refractivity (Wildman–Crippen MR) is 275 cm³/mol. The van der Waals surface area contributed by atoms with Gasteiger partial charge in [0.1, 0.15) is 11.3 Å². The first-order valence-electron chi connectivity index (χ1n) is 21.3. The van der Waals surface area contributed by atoms with E-state index in [1.54, 1.807) is 42.5 Å². The molecule has 0 fully saturated rings. The fourth-order valence-electron chi connectivity index (χ4n) is 8.05. The van der Waals surface area contributed by atoms with Gasteiger partial charge in [0.2, 0.25) is 0 Å². The minimum Gasteiger partial charge on any atom is -0.506 e. The van der Waals surface area contributed by atoms with Gasteiger partial charge in [0, 0.05) is 102 Å². The quantitative estimate of drug-likeness (QED) is 0.121. The van der Waals surface area contributed by atoms with E-state index in [-0.39, 0.29) is 66.0 Å². The van der Waals surface area contributed by atoms with Crippen molar-refractivity contribution in [3.63, 3.8) is 0 Å². The summed E-state index contributed by atoms with van der Waals surface area (Å²) in [5.74, 6) is -3.33. The Morgan fingerprint density at radius 1 is 0.565 bits per heavy atom. The number of hydrogen-bond donors (Lipinski definition) is 1. The van der Waals surface area contributed by atoms with Gasteiger partial charge >= 0.3 is 6.18 Å². The SMILES string of the molecule is C=C(C)P(=O)(c1ccccc1)c1ccccc1.O=C(c1c(O)c2c3sc4ccccc4c3ccc2n(-c2ccccc2)c1=O)C(F)(F)F.O=P(c1ccccc1)(c1ccccc1)c1ccccc1.[Eu]. The van der Waals surface area contributed by atoms with Crippen LogP contribution in [-0.2, 0) is 9.13 Å². The van der Waals surface area contributed by atoms with E-state index in [0.717, 1.165) is 46.5 Å². The number of Topliss-reactive ketones (excluding diaryl/α,β-unsaturated/α-hetero) is 1. The Bertz CT molecular complexity index is 3430. The van der Waals surface area contributed by atoms with Gasteiger partial charge in [0.15, 0.2) is 14.3 Å². The number of ketones is 1. The van der Waals surface area contributed by atoms with Gasteiger partial charge in [-0.25, -0.2) is 0 Å². The number of allylic oxidation sites excluding steroid dienone is 1. The molecule has 0 bridgehead atoms. The molecule has 0 spiro atoms. The molecule has 6 nitrogen and oxygen atoms in total. The number of fused-ring (bicyclic) bond motifs is 5. The van der Waals surface area contributed by atoms with Gasteiger partial charge in [0.25, 0.3) is 11.3 Å². The van der Waals surface area contributed by atoms with Crippen molar-refractivity contribution in [2.75, 3.05) is 0 Å². The average molecular weight is 1110 g/mol. The van der Waals surface area contributed by atoms with Crippen molar-refractivity contribution in [2.24, 2.45) is 0 Å². The molecule has 2 aromatic heterocycles. The van der Waals surface area contributed by atoms with Crippen molar-refractivity contribution in [1.29, 1.82) is 0 Å². The van der Waals surface area contributed by atoms with Crippen molar-refractivity contribution < 1.29 is 81.6 Å². The van der Waals surface area contributed by atoms with Crippen molar-refractivity contribution >= 4 is 89.0 Å². The minimum atomic E-state index is -5.31. The summed E-state index contributed by atoms with van der Waals surface area (Å²) >= 11 is 1.28.